The third-order valence-corrected chi connectivity index (χ3v) is 7.45. The lowest BCUT2D eigenvalue weighted by molar-refractivity contribution is -0.118. The Bertz CT molecular complexity index is 1040. The van der Waals surface area contributed by atoms with Crippen LogP contribution < -0.4 is 9.64 Å². The van der Waals surface area contributed by atoms with Gasteiger partial charge in [0.05, 0.1) is 17.1 Å². The Morgan fingerprint density at radius 2 is 1.93 bits per heavy atom. The molecule has 0 aliphatic carbocycles. The zero-order valence-electron chi connectivity index (χ0n) is 15.2. The minimum Gasteiger partial charge on any atom is -0.472 e. The van der Waals surface area contributed by atoms with Crippen LogP contribution in [0, 0.1) is 0 Å². The quantitative estimate of drug-likeness (QED) is 0.765. The van der Waals surface area contributed by atoms with Gasteiger partial charge in [0.15, 0.2) is 0 Å². The third-order valence-electron chi connectivity index (χ3n) is 5.61. The van der Waals surface area contributed by atoms with Crippen LogP contribution in [-0.4, -0.2) is 54.6 Å². The first-order valence-electron chi connectivity index (χ1n) is 9.43. The highest BCUT2D eigenvalue weighted by Gasteiger charge is 2.37. The lowest BCUT2D eigenvalue weighted by Gasteiger charge is -2.26. The molecule has 0 saturated carbocycles. The number of carbonyl (C=O) groups excluding carboxylic acids is 1. The lowest BCUT2D eigenvalue weighted by atomic mass is 10.00. The number of ether oxygens (including phenoxy) is 1. The monoisotopic (exact) mass is 400 g/mol. The second-order valence-electron chi connectivity index (χ2n) is 7.34. The second kappa shape index (κ2) is 6.52. The fourth-order valence-electron chi connectivity index (χ4n) is 4.26. The number of aromatic nitrogens is 2. The fraction of sp³-hybridized carbons (Fsp3) is 0.421. The maximum Gasteiger partial charge on any atom is 0.243 e. The van der Waals surface area contributed by atoms with E-state index < -0.39 is 10.0 Å². The maximum atomic E-state index is 13.2. The molecule has 3 aliphatic heterocycles. The number of hydrogen-bond acceptors (Lipinski definition) is 6. The van der Waals surface area contributed by atoms with E-state index in [1.807, 2.05) is 0 Å². The Labute approximate surface area is 163 Å². The Hall–Kier alpha value is -2.52. The van der Waals surface area contributed by atoms with E-state index in [9.17, 15) is 13.2 Å². The Kier molecular flexibility index (Phi) is 4.09. The molecule has 2 aromatic rings. The zero-order chi connectivity index (χ0) is 19.3. The first-order valence-corrected chi connectivity index (χ1v) is 10.9. The summed E-state index contributed by atoms with van der Waals surface area (Å²) in [6, 6.07) is 6.93. The molecular weight excluding hydrogens is 380 g/mol. The summed E-state index contributed by atoms with van der Waals surface area (Å²) in [6.45, 7) is 1.34. The Morgan fingerprint density at radius 3 is 2.71 bits per heavy atom. The summed E-state index contributed by atoms with van der Waals surface area (Å²) in [7, 11) is -3.61. The first kappa shape index (κ1) is 17.6. The smallest absolute Gasteiger partial charge is 0.243 e. The normalized spacial score (nSPS) is 21.8. The van der Waals surface area contributed by atoms with Gasteiger partial charge >= 0.3 is 0 Å². The summed E-state index contributed by atoms with van der Waals surface area (Å²) in [5, 5.41) is 7.67. The van der Waals surface area contributed by atoms with Crippen molar-refractivity contribution in [3.63, 3.8) is 0 Å². The van der Waals surface area contributed by atoms with E-state index in [2.05, 4.69) is 10.2 Å². The van der Waals surface area contributed by atoms with E-state index >= 15 is 0 Å². The highest BCUT2D eigenvalue weighted by atomic mass is 32.2. The number of hydrogen-bond donors (Lipinski definition) is 0. The SMILES string of the molecule is O=C1CCc2cc(S(=O)(=O)N3CCC(Oc4cccnn4)C3)cc3c2N1CC3. The van der Waals surface area contributed by atoms with Crippen molar-refractivity contribution in [2.45, 2.75) is 36.7 Å². The highest BCUT2D eigenvalue weighted by molar-refractivity contribution is 7.89. The second-order valence-corrected chi connectivity index (χ2v) is 9.28. The number of amides is 1. The van der Waals surface area contributed by atoms with E-state index in [-0.39, 0.29) is 18.6 Å². The first-order chi connectivity index (χ1) is 13.5. The molecular formula is C19H20N4O4S. The number of rotatable bonds is 4. The number of aryl methyl sites for hydroxylation is 1. The van der Waals surface area contributed by atoms with Crippen molar-refractivity contribution >= 4 is 21.6 Å². The van der Waals surface area contributed by atoms with Crippen LogP contribution in [0.3, 0.4) is 0 Å². The van der Waals surface area contributed by atoms with Gasteiger partial charge in [-0.2, -0.15) is 9.40 Å². The molecule has 9 heteroatoms. The maximum absolute atomic E-state index is 13.2. The number of benzene rings is 1. The van der Waals surface area contributed by atoms with Crippen LogP contribution in [0.15, 0.2) is 35.4 Å². The van der Waals surface area contributed by atoms with Crippen LogP contribution in [0.1, 0.15) is 24.0 Å². The molecule has 1 aromatic heterocycles. The summed E-state index contributed by atoms with van der Waals surface area (Å²) in [4.78, 5) is 14.2. The Balaban J connectivity index is 1.39. The van der Waals surface area contributed by atoms with Gasteiger partial charge < -0.3 is 9.64 Å². The summed E-state index contributed by atoms with van der Waals surface area (Å²) in [6.07, 6.45) is 3.67. The molecule has 8 nitrogen and oxygen atoms in total. The average Bonchev–Trinajstić information content (AvgIpc) is 3.34. The topological polar surface area (TPSA) is 92.7 Å². The van der Waals surface area contributed by atoms with Crippen molar-refractivity contribution in [1.82, 2.24) is 14.5 Å². The average molecular weight is 400 g/mol. The number of carbonyl (C=O) groups is 1. The molecule has 28 heavy (non-hydrogen) atoms. The molecule has 1 unspecified atom stereocenters. The molecule has 3 aliphatic rings. The van der Waals surface area contributed by atoms with Crippen molar-refractivity contribution in [2.24, 2.45) is 0 Å². The van der Waals surface area contributed by atoms with Gasteiger partial charge in [0, 0.05) is 31.8 Å². The van der Waals surface area contributed by atoms with Crippen LogP contribution in [0.4, 0.5) is 5.69 Å². The van der Waals surface area contributed by atoms with Crippen molar-refractivity contribution in [2.75, 3.05) is 24.5 Å². The molecule has 0 spiro atoms. The van der Waals surface area contributed by atoms with Crippen LogP contribution in [0.2, 0.25) is 0 Å². The number of anilines is 1. The van der Waals surface area contributed by atoms with Crippen LogP contribution in [0.25, 0.3) is 0 Å². The molecule has 1 fully saturated rings. The van der Waals surface area contributed by atoms with Crippen LogP contribution in [-0.2, 0) is 27.7 Å². The van der Waals surface area contributed by atoms with Gasteiger partial charge in [-0.05, 0) is 48.6 Å². The zero-order valence-corrected chi connectivity index (χ0v) is 16.1. The van der Waals surface area contributed by atoms with Gasteiger partial charge in [-0.3, -0.25) is 4.79 Å². The molecule has 1 atom stereocenters. The van der Waals surface area contributed by atoms with Gasteiger partial charge in [0.1, 0.15) is 6.10 Å². The number of nitrogens with zero attached hydrogens (tertiary/aromatic N) is 4. The molecule has 1 amide bonds. The van der Waals surface area contributed by atoms with Crippen LogP contribution in [0.5, 0.6) is 5.88 Å². The van der Waals surface area contributed by atoms with Crippen molar-refractivity contribution in [1.29, 1.82) is 0 Å². The minimum absolute atomic E-state index is 0.130. The Morgan fingerprint density at radius 1 is 1.11 bits per heavy atom. The predicted molar refractivity (Wildman–Crippen MR) is 101 cm³/mol. The van der Waals surface area contributed by atoms with Gasteiger partial charge in [-0.25, -0.2) is 8.42 Å². The van der Waals surface area contributed by atoms with E-state index in [1.165, 1.54) is 4.31 Å². The standard InChI is InChI=1S/C19H20N4O4S/c24-18-4-3-13-10-16(11-14-5-9-23(18)19(13)14)28(25,26)22-8-6-15(12-22)27-17-2-1-7-20-21-17/h1-2,7,10-11,15H,3-6,8-9,12H2. The van der Waals surface area contributed by atoms with Gasteiger partial charge in [-0.1, -0.05) is 0 Å². The molecule has 1 saturated heterocycles. The molecule has 1 aromatic carbocycles. The van der Waals surface area contributed by atoms with E-state index in [0.717, 1.165) is 16.8 Å². The molecule has 5 rings (SSSR count). The number of sulfonamides is 1. The van der Waals surface area contributed by atoms with Gasteiger partial charge in [0.2, 0.25) is 21.8 Å². The lowest BCUT2D eigenvalue weighted by Crippen LogP contribution is -2.33. The van der Waals surface area contributed by atoms with Crippen molar-refractivity contribution in [3.8, 4) is 5.88 Å². The molecule has 146 valence electrons. The molecule has 0 bridgehead atoms. The van der Waals surface area contributed by atoms with Gasteiger partial charge in [0.25, 0.3) is 0 Å². The summed E-state index contributed by atoms with van der Waals surface area (Å²) < 4.78 is 33.7. The third kappa shape index (κ3) is 2.85. The molecule has 4 heterocycles. The fourth-order valence-corrected chi connectivity index (χ4v) is 5.85. The predicted octanol–water partition coefficient (Wildman–Crippen LogP) is 1.15. The summed E-state index contributed by atoms with van der Waals surface area (Å²) >= 11 is 0. The largest absolute Gasteiger partial charge is 0.472 e. The summed E-state index contributed by atoms with van der Waals surface area (Å²) in [5.74, 6) is 0.531. The molecule has 0 N–H and O–H groups in total. The highest BCUT2D eigenvalue weighted by Crippen LogP contribution is 2.39. The van der Waals surface area contributed by atoms with E-state index in [0.29, 0.717) is 49.5 Å². The van der Waals surface area contributed by atoms with E-state index in [1.54, 1.807) is 35.4 Å². The van der Waals surface area contributed by atoms with E-state index in [4.69, 9.17) is 4.74 Å². The van der Waals surface area contributed by atoms with Crippen molar-refractivity contribution < 1.29 is 17.9 Å². The van der Waals surface area contributed by atoms with Gasteiger partial charge in [-0.15, -0.1) is 5.10 Å². The molecule has 0 radical (unpaired) electrons. The summed E-state index contributed by atoms with van der Waals surface area (Å²) in [5.41, 5.74) is 2.84. The minimum atomic E-state index is -3.61. The van der Waals surface area contributed by atoms with Crippen LogP contribution >= 0.6 is 0 Å². The van der Waals surface area contributed by atoms with Crippen molar-refractivity contribution in [3.05, 3.63) is 41.6 Å².